The molecule has 0 radical (unpaired) electrons. The number of nitrogens with two attached hydrogens (primary N) is 1. The summed E-state index contributed by atoms with van der Waals surface area (Å²) < 4.78 is 0.835. The summed E-state index contributed by atoms with van der Waals surface area (Å²) in [6.45, 7) is 7.50. The number of anilines is 1. The standard InChI is InChI=1S/C14H21BrN4O/c1-14(2)9-19(7-6-18(14)3)10-4-5-11(12(15)8-10)13(16)17-20/h4-5,8,20H,6-7,9H2,1-3H3,(H2,16,17). The largest absolute Gasteiger partial charge is 0.409 e. The van der Waals surface area contributed by atoms with E-state index in [0.29, 0.717) is 5.56 Å². The lowest BCUT2D eigenvalue weighted by Crippen LogP contribution is -2.57. The van der Waals surface area contributed by atoms with E-state index in [-0.39, 0.29) is 11.4 Å². The van der Waals surface area contributed by atoms with Crippen LogP contribution in [0.3, 0.4) is 0 Å². The number of piperazine rings is 1. The van der Waals surface area contributed by atoms with Crippen LogP contribution in [0.2, 0.25) is 0 Å². The SMILES string of the molecule is CN1CCN(c2ccc(/C(N)=N/O)c(Br)c2)CC1(C)C. The lowest BCUT2D eigenvalue weighted by molar-refractivity contribution is 0.139. The summed E-state index contributed by atoms with van der Waals surface area (Å²) >= 11 is 3.49. The summed E-state index contributed by atoms with van der Waals surface area (Å²) in [5.74, 6) is 0.113. The minimum Gasteiger partial charge on any atom is -0.409 e. The Hall–Kier alpha value is -1.27. The predicted octanol–water partition coefficient (Wildman–Crippen LogP) is 2.07. The van der Waals surface area contributed by atoms with Gasteiger partial charge in [0.15, 0.2) is 5.84 Å². The summed E-state index contributed by atoms with van der Waals surface area (Å²) in [7, 11) is 2.16. The molecule has 0 aromatic heterocycles. The Morgan fingerprint density at radius 1 is 1.40 bits per heavy atom. The highest BCUT2D eigenvalue weighted by Crippen LogP contribution is 2.28. The molecule has 1 fully saturated rings. The third-order valence-corrected chi connectivity index (χ3v) is 4.67. The number of halogens is 1. The Kier molecular flexibility index (Phi) is 4.25. The third-order valence-electron chi connectivity index (χ3n) is 4.02. The normalized spacial score (nSPS) is 20.2. The van der Waals surface area contributed by atoms with Gasteiger partial charge < -0.3 is 15.8 Å². The van der Waals surface area contributed by atoms with Gasteiger partial charge in [-0.1, -0.05) is 5.16 Å². The van der Waals surface area contributed by atoms with Crippen molar-refractivity contribution < 1.29 is 5.21 Å². The number of oxime groups is 1. The third kappa shape index (κ3) is 2.91. The monoisotopic (exact) mass is 340 g/mol. The second-order valence-electron chi connectivity index (χ2n) is 5.80. The van der Waals surface area contributed by atoms with Crippen LogP contribution in [0.15, 0.2) is 27.8 Å². The number of benzene rings is 1. The molecule has 5 nitrogen and oxygen atoms in total. The number of likely N-dealkylation sites (N-methyl/N-ethyl adjacent to an activating group) is 1. The van der Waals surface area contributed by atoms with E-state index in [1.165, 1.54) is 0 Å². The highest BCUT2D eigenvalue weighted by Gasteiger charge is 2.31. The predicted molar refractivity (Wildman–Crippen MR) is 85.6 cm³/mol. The van der Waals surface area contributed by atoms with Crippen LogP contribution < -0.4 is 10.6 Å². The second kappa shape index (κ2) is 5.61. The van der Waals surface area contributed by atoms with E-state index < -0.39 is 0 Å². The van der Waals surface area contributed by atoms with E-state index in [1.54, 1.807) is 0 Å². The first-order chi connectivity index (χ1) is 9.35. The maximum atomic E-state index is 8.75. The Bertz CT molecular complexity index is 530. The van der Waals surface area contributed by atoms with Crippen LogP contribution in [-0.2, 0) is 0 Å². The molecule has 6 heteroatoms. The minimum absolute atomic E-state index is 0.113. The lowest BCUT2D eigenvalue weighted by atomic mass is 9.99. The van der Waals surface area contributed by atoms with Crippen LogP contribution in [0.4, 0.5) is 5.69 Å². The van der Waals surface area contributed by atoms with Gasteiger partial charge in [0.1, 0.15) is 0 Å². The fourth-order valence-electron chi connectivity index (χ4n) is 2.42. The molecular weight excluding hydrogens is 320 g/mol. The number of rotatable bonds is 2. The van der Waals surface area contributed by atoms with E-state index in [4.69, 9.17) is 10.9 Å². The van der Waals surface area contributed by atoms with Gasteiger partial charge >= 0.3 is 0 Å². The van der Waals surface area contributed by atoms with Gasteiger partial charge in [-0.15, -0.1) is 0 Å². The van der Waals surface area contributed by atoms with E-state index in [1.807, 2.05) is 18.2 Å². The molecule has 3 N–H and O–H groups in total. The molecule has 1 heterocycles. The summed E-state index contributed by atoms with van der Waals surface area (Å²) in [5.41, 5.74) is 7.63. The lowest BCUT2D eigenvalue weighted by Gasteiger charge is -2.46. The van der Waals surface area contributed by atoms with E-state index in [9.17, 15) is 0 Å². The van der Waals surface area contributed by atoms with Gasteiger partial charge in [-0.3, -0.25) is 4.90 Å². The highest BCUT2D eigenvalue weighted by molar-refractivity contribution is 9.10. The van der Waals surface area contributed by atoms with Gasteiger partial charge in [-0.25, -0.2) is 0 Å². The molecule has 1 aliphatic heterocycles. The summed E-state index contributed by atoms with van der Waals surface area (Å²) in [5, 5.41) is 11.8. The van der Waals surface area contributed by atoms with Crippen LogP contribution in [0.1, 0.15) is 19.4 Å². The van der Waals surface area contributed by atoms with E-state index in [0.717, 1.165) is 29.8 Å². The molecule has 0 unspecified atom stereocenters. The molecule has 1 aromatic rings. The first-order valence-electron chi connectivity index (χ1n) is 6.59. The minimum atomic E-state index is 0.113. The number of amidine groups is 1. The molecule has 0 atom stereocenters. The molecule has 1 aliphatic rings. The molecule has 0 bridgehead atoms. The Morgan fingerprint density at radius 2 is 2.10 bits per heavy atom. The van der Waals surface area contributed by atoms with Crippen molar-refractivity contribution in [1.29, 1.82) is 0 Å². The average Bonchev–Trinajstić information content (AvgIpc) is 2.41. The van der Waals surface area contributed by atoms with Crippen molar-refractivity contribution in [3.8, 4) is 0 Å². The number of hydrogen-bond donors (Lipinski definition) is 2. The number of nitrogens with zero attached hydrogens (tertiary/aromatic N) is 3. The van der Waals surface area contributed by atoms with E-state index in [2.05, 4.69) is 51.8 Å². The second-order valence-corrected chi connectivity index (χ2v) is 6.66. The van der Waals surface area contributed by atoms with Crippen molar-refractivity contribution in [1.82, 2.24) is 4.90 Å². The molecular formula is C14H21BrN4O. The maximum Gasteiger partial charge on any atom is 0.171 e. The van der Waals surface area contributed by atoms with Gasteiger partial charge in [0.05, 0.1) is 0 Å². The fraction of sp³-hybridized carbons (Fsp3) is 0.500. The fourth-order valence-corrected chi connectivity index (χ4v) is 2.99. The van der Waals surface area contributed by atoms with Crippen molar-refractivity contribution in [3.63, 3.8) is 0 Å². The Balaban J connectivity index is 2.25. The molecule has 0 spiro atoms. The summed E-state index contributed by atoms with van der Waals surface area (Å²) in [4.78, 5) is 4.74. The van der Waals surface area contributed by atoms with Gasteiger partial charge in [-0.05, 0) is 55.0 Å². The zero-order valence-corrected chi connectivity index (χ0v) is 13.7. The zero-order valence-electron chi connectivity index (χ0n) is 12.1. The van der Waals surface area contributed by atoms with Gasteiger partial charge in [0.25, 0.3) is 0 Å². The maximum absolute atomic E-state index is 8.75. The molecule has 20 heavy (non-hydrogen) atoms. The Morgan fingerprint density at radius 3 is 2.65 bits per heavy atom. The summed E-state index contributed by atoms with van der Waals surface area (Å²) in [6, 6.07) is 5.91. The van der Waals surface area contributed by atoms with Gasteiger partial charge in [-0.2, -0.15) is 0 Å². The first kappa shape index (κ1) is 15.1. The van der Waals surface area contributed by atoms with Crippen LogP contribution in [0.5, 0.6) is 0 Å². The molecule has 0 amide bonds. The van der Waals surface area contributed by atoms with Crippen molar-refractivity contribution in [2.75, 3.05) is 31.6 Å². The van der Waals surface area contributed by atoms with Gasteiger partial charge in [0, 0.05) is 40.9 Å². The molecule has 1 aromatic carbocycles. The molecule has 110 valence electrons. The number of hydrogen-bond acceptors (Lipinski definition) is 4. The molecule has 1 saturated heterocycles. The van der Waals surface area contributed by atoms with Crippen molar-refractivity contribution in [2.24, 2.45) is 10.9 Å². The molecule has 0 aliphatic carbocycles. The van der Waals surface area contributed by atoms with Crippen LogP contribution in [-0.4, -0.2) is 48.2 Å². The van der Waals surface area contributed by atoms with Crippen LogP contribution >= 0.6 is 15.9 Å². The Labute approximate surface area is 128 Å². The first-order valence-corrected chi connectivity index (χ1v) is 7.38. The smallest absolute Gasteiger partial charge is 0.171 e. The van der Waals surface area contributed by atoms with Crippen molar-refractivity contribution in [2.45, 2.75) is 19.4 Å². The zero-order chi connectivity index (χ0) is 14.9. The quantitative estimate of drug-likeness (QED) is 0.374. The van der Waals surface area contributed by atoms with Crippen LogP contribution in [0.25, 0.3) is 0 Å². The summed E-state index contributed by atoms with van der Waals surface area (Å²) in [6.07, 6.45) is 0. The molecule has 0 saturated carbocycles. The van der Waals surface area contributed by atoms with Crippen molar-refractivity contribution >= 4 is 27.5 Å². The van der Waals surface area contributed by atoms with E-state index >= 15 is 0 Å². The topological polar surface area (TPSA) is 65.1 Å². The average molecular weight is 341 g/mol. The van der Waals surface area contributed by atoms with Crippen LogP contribution in [0, 0.1) is 0 Å². The van der Waals surface area contributed by atoms with Crippen molar-refractivity contribution in [3.05, 3.63) is 28.2 Å². The van der Waals surface area contributed by atoms with Gasteiger partial charge in [0.2, 0.25) is 0 Å². The highest BCUT2D eigenvalue weighted by atomic mass is 79.9. The molecule has 2 rings (SSSR count).